The third kappa shape index (κ3) is 2.08. The van der Waals surface area contributed by atoms with Crippen molar-refractivity contribution in [1.82, 2.24) is 15.0 Å². The molecule has 1 aromatic carbocycles. The average molecular weight is 286 g/mol. The zero-order valence-electron chi connectivity index (χ0n) is 11.1. The fourth-order valence-electron chi connectivity index (χ4n) is 2.02. The van der Waals surface area contributed by atoms with Crippen molar-refractivity contribution in [2.24, 2.45) is 0 Å². The minimum Gasteiger partial charge on any atom is -0.480 e. The Hall–Kier alpha value is -2.20. The van der Waals surface area contributed by atoms with Gasteiger partial charge in [-0.1, -0.05) is 17.7 Å². The number of hydrogen-bond acceptors (Lipinski definition) is 4. The third-order valence-electron chi connectivity index (χ3n) is 3.10. The van der Waals surface area contributed by atoms with E-state index in [1.165, 1.54) is 0 Å². The summed E-state index contributed by atoms with van der Waals surface area (Å²) in [6, 6.07) is 7.56. The molecule has 5 heteroatoms. The van der Waals surface area contributed by atoms with E-state index >= 15 is 0 Å². The number of rotatable bonds is 2. The van der Waals surface area contributed by atoms with Crippen LogP contribution in [0.3, 0.4) is 0 Å². The molecule has 0 unspecified atom stereocenters. The summed E-state index contributed by atoms with van der Waals surface area (Å²) in [4.78, 5) is 13.0. The molecule has 4 nitrogen and oxygen atoms in total. The van der Waals surface area contributed by atoms with Crippen LogP contribution in [-0.4, -0.2) is 22.1 Å². The molecule has 0 aliphatic rings. The molecule has 0 saturated heterocycles. The van der Waals surface area contributed by atoms with Crippen molar-refractivity contribution in [3.05, 3.63) is 47.2 Å². The van der Waals surface area contributed by atoms with Crippen LogP contribution in [0.15, 0.2) is 36.7 Å². The highest BCUT2D eigenvalue weighted by molar-refractivity contribution is 6.36. The Morgan fingerprint density at radius 3 is 2.50 bits per heavy atom. The monoisotopic (exact) mass is 285 g/mol. The molecule has 0 spiro atoms. The van der Waals surface area contributed by atoms with Gasteiger partial charge >= 0.3 is 0 Å². The van der Waals surface area contributed by atoms with Gasteiger partial charge in [-0.25, -0.2) is 4.98 Å². The van der Waals surface area contributed by atoms with Gasteiger partial charge in [-0.3, -0.25) is 4.98 Å². The fraction of sp³-hybridized carbons (Fsp3) is 0.133. The Labute approximate surface area is 121 Å². The van der Waals surface area contributed by atoms with E-state index in [-0.39, 0.29) is 0 Å². The van der Waals surface area contributed by atoms with Crippen molar-refractivity contribution in [3.8, 4) is 17.3 Å². The number of fused-ring (bicyclic) bond motifs is 1. The second-order valence-corrected chi connectivity index (χ2v) is 4.76. The number of aryl methyl sites for hydroxylation is 1. The van der Waals surface area contributed by atoms with Crippen molar-refractivity contribution in [2.45, 2.75) is 6.92 Å². The van der Waals surface area contributed by atoms with E-state index in [2.05, 4.69) is 15.0 Å². The Kier molecular flexibility index (Phi) is 3.24. The Morgan fingerprint density at radius 1 is 1.05 bits per heavy atom. The van der Waals surface area contributed by atoms with E-state index < -0.39 is 0 Å². The Morgan fingerprint density at radius 2 is 1.80 bits per heavy atom. The van der Waals surface area contributed by atoms with Gasteiger partial charge in [0, 0.05) is 18.0 Å². The van der Waals surface area contributed by atoms with Gasteiger partial charge in [-0.15, -0.1) is 0 Å². The largest absolute Gasteiger partial charge is 0.480 e. The molecule has 0 bridgehead atoms. The number of methoxy groups -OCH3 is 1. The standard InChI is InChI=1S/C15H12ClN3O/c1-9-3-4-11-13(12(9)16)18-14(19-15(11)20-2)10-5-7-17-8-6-10/h3-8H,1-2H3. The van der Waals surface area contributed by atoms with Gasteiger partial charge in [-0.05, 0) is 30.7 Å². The summed E-state index contributed by atoms with van der Waals surface area (Å²) in [5.41, 5.74) is 2.55. The first-order valence-corrected chi connectivity index (χ1v) is 6.49. The number of benzene rings is 1. The molecular weight excluding hydrogens is 274 g/mol. The highest BCUT2D eigenvalue weighted by atomic mass is 35.5. The van der Waals surface area contributed by atoms with Gasteiger partial charge in [0.1, 0.15) is 0 Å². The average Bonchev–Trinajstić information content (AvgIpc) is 2.51. The number of ether oxygens (including phenoxy) is 1. The third-order valence-corrected chi connectivity index (χ3v) is 3.57. The normalized spacial score (nSPS) is 10.8. The van der Waals surface area contributed by atoms with E-state index in [4.69, 9.17) is 16.3 Å². The van der Waals surface area contributed by atoms with E-state index in [9.17, 15) is 0 Å². The lowest BCUT2D eigenvalue weighted by atomic mass is 10.1. The number of hydrogen-bond donors (Lipinski definition) is 0. The predicted molar refractivity (Wildman–Crippen MR) is 79.1 cm³/mol. The minimum absolute atomic E-state index is 0.517. The molecule has 100 valence electrons. The quantitative estimate of drug-likeness (QED) is 0.721. The van der Waals surface area contributed by atoms with Crippen LogP contribution in [0.5, 0.6) is 5.88 Å². The van der Waals surface area contributed by atoms with Gasteiger partial charge in [0.05, 0.1) is 23.0 Å². The number of nitrogens with zero attached hydrogens (tertiary/aromatic N) is 3. The number of aromatic nitrogens is 3. The molecule has 0 amide bonds. The molecule has 2 heterocycles. The maximum absolute atomic E-state index is 6.36. The van der Waals surface area contributed by atoms with E-state index in [0.29, 0.717) is 22.2 Å². The molecule has 3 aromatic rings. The maximum Gasteiger partial charge on any atom is 0.224 e. The SMILES string of the molecule is COc1nc(-c2ccncc2)nc2c(Cl)c(C)ccc12. The molecule has 0 aliphatic carbocycles. The molecule has 3 rings (SSSR count). The molecule has 0 fully saturated rings. The summed E-state index contributed by atoms with van der Waals surface area (Å²) < 4.78 is 5.36. The molecule has 2 aromatic heterocycles. The molecule has 0 radical (unpaired) electrons. The summed E-state index contributed by atoms with van der Waals surface area (Å²) in [5, 5.41) is 1.43. The number of pyridine rings is 1. The molecule has 20 heavy (non-hydrogen) atoms. The van der Waals surface area contributed by atoms with Crippen LogP contribution < -0.4 is 4.74 Å². The second kappa shape index (κ2) is 5.06. The molecular formula is C15H12ClN3O. The molecule has 0 aliphatic heterocycles. The van der Waals surface area contributed by atoms with Gasteiger partial charge in [0.15, 0.2) is 5.82 Å². The summed E-state index contributed by atoms with van der Waals surface area (Å²) in [6.45, 7) is 1.95. The Bertz CT molecular complexity index is 775. The van der Waals surface area contributed by atoms with Gasteiger partial charge in [-0.2, -0.15) is 4.98 Å². The first-order valence-electron chi connectivity index (χ1n) is 6.12. The van der Waals surface area contributed by atoms with Crippen LogP contribution in [0, 0.1) is 6.92 Å². The summed E-state index contributed by atoms with van der Waals surface area (Å²) in [7, 11) is 1.59. The maximum atomic E-state index is 6.36. The highest BCUT2D eigenvalue weighted by Gasteiger charge is 2.13. The molecule has 0 saturated carbocycles. The zero-order valence-corrected chi connectivity index (χ0v) is 11.8. The van der Waals surface area contributed by atoms with Crippen molar-refractivity contribution in [2.75, 3.05) is 7.11 Å². The lowest BCUT2D eigenvalue weighted by Gasteiger charge is -2.09. The van der Waals surface area contributed by atoms with Crippen molar-refractivity contribution >= 4 is 22.5 Å². The van der Waals surface area contributed by atoms with Crippen LogP contribution in [0.4, 0.5) is 0 Å². The fourth-order valence-corrected chi connectivity index (χ4v) is 2.23. The lowest BCUT2D eigenvalue weighted by Crippen LogP contribution is -1.97. The first-order chi connectivity index (χ1) is 9.70. The predicted octanol–water partition coefficient (Wildman–Crippen LogP) is 3.66. The zero-order chi connectivity index (χ0) is 14.1. The number of halogens is 1. The second-order valence-electron chi connectivity index (χ2n) is 4.38. The van der Waals surface area contributed by atoms with Crippen LogP contribution in [0.1, 0.15) is 5.56 Å². The first kappa shape index (κ1) is 12.8. The lowest BCUT2D eigenvalue weighted by molar-refractivity contribution is 0.403. The van der Waals surface area contributed by atoms with Gasteiger partial charge in [0.25, 0.3) is 0 Å². The smallest absolute Gasteiger partial charge is 0.224 e. The van der Waals surface area contributed by atoms with Crippen LogP contribution in [0.25, 0.3) is 22.3 Å². The summed E-state index contributed by atoms with van der Waals surface area (Å²) in [6.07, 6.45) is 3.40. The van der Waals surface area contributed by atoms with Crippen molar-refractivity contribution in [3.63, 3.8) is 0 Å². The van der Waals surface area contributed by atoms with Crippen LogP contribution in [0.2, 0.25) is 5.02 Å². The van der Waals surface area contributed by atoms with Crippen LogP contribution in [-0.2, 0) is 0 Å². The van der Waals surface area contributed by atoms with Gasteiger partial charge in [0.2, 0.25) is 5.88 Å². The van der Waals surface area contributed by atoms with Gasteiger partial charge < -0.3 is 4.74 Å². The molecule has 0 N–H and O–H groups in total. The van der Waals surface area contributed by atoms with Crippen LogP contribution >= 0.6 is 11.6 Å². The van der Waals surface area contributed by atoms with E-state index in [0.717, 1.165) is 16.5 Å². The van der Waals surface area contributed by atoms with E-state index in [1.54, 1.807) is 19.5 Å². The molecule has 0 atom stereocenters. The highest BCUT2D eigenvalue weighted by Crippen LogP contribution is 2.32. The topological polar surface area (TPSA) is 47.9 Å². The summed E-state index contributed by atoms with van der Waals surface area (Å²) >= 11 is 6.36. The van der Waals surface area contributed by atoms with Crippen molar-refractivity contribution in [1.29, 1.82) is 0 Å². The minimum atomic E-state index is 0.517. The Balaban J connectivity index is 2.33. The van der Waals surface area contributed by atoms with Crippen molar-refractivity contribution < 1.29 is 4.74 Å². The summed E-state index contributed by atoms with van der Waals surface area (Å²) in [5.74, 6) is 1.09. The van der Waals surface area contributed by atoms with E-state index in [1.807, 2.05) is 31.2 Å².